The van der Waals surface area contributed by atoms with Crippen molar-refractivity contribution in [2.24, 2.45) is 0 Å². The van der Waals surface area contributed by atoms with E-state index in [1.807, 2.05) is 13.0 Å². The molecule has 1 aromatic rings. The molecule has 4 heteroatoms. The quantitative estimate of drug-likeness (QED) is 0.804. The molecule has 2 nitrogen and oxygen atoms in total. The van der Waals surface area contributed by atoms with Crippen LogP contribution < -0.4 is 10.6 Å². The highest BCUT2D eigenvalue weighted by molar-refractivity contribution is 7.80. The summed E-state index contributed by atoms with van der Waals surface area (Å²) in [5.41, 5.74) is 2.15. The number of benzene rings is 1. The van der Waals surface area contributed by atoms with Gasteiger partial charge in [-0.15, -0.1) is 0 Å². The van der Waals surface area contributed by atoms with Crippen LogP contribution in [0.1, 0.15) is 24.0 Å². The van der Waals surface area contributed by atoms with Crippen molar-refractivity contribution >= 4 is 17.3 Å². The zero-order chi connectivity index (χ0) is 12.3. The third kappa shape index (κ3) is 3.97. The van der Waals surface area contributed by atoms with Crippen LogP contribution in [0.3, 0.4) is 0 Å². The zero-order valence-corrected chi connectivity index (χ0v) is 10.7. The molecule has 2 N–H and O–H groups in total. The van der Waals surface area contributed by atoms with E-state index in [1.165, 1.54) is 18.9 Å². The first-order valence-corrected chi connectivity index (χ1v) is 6.35. The highest BCUT2D eigenvalue weighted by atomic mass is 32.1. The van der Waals surface area contributed by atoms with E-state index in [9.17, 15) is 4.39 Å². The normalized spacial score (nSPS) is 14.5. The lowest BCUT2D eigenvalue weighted by molar-refractivity contribution is 0.625. The van der Waals surface area contributed by atoms with Gasteiger partial charge in [-0.1, -0.05) is 6.07 Å². The topological polar surface area (TPSA) is 24.1 Å². The van der Waals surface area contributed by atoms with Crippen LogP contribution >= 0.6 is 12.2 Å². The van der Waals surface area contributed by atoms with E-state index in [1.54, 1.807) is 6.07 Å². The van der Waals surface area contributed by atoms with Gasteiger partial charge in [0.1, 0.15) is 5.82 Å². The predicted octanol–water partition coefficient (Wildman–Crippen LogP) is 2.30. The van der Waals surface area contributed by atoms with Gasteiger partial charge in [-0.3, -0.25) is 0 Å². The molecule has 0 unspecified atom stereocenters. The molecule has 0 amide bonds. The van der Waals surface area contributed by atoms with E-state index in [0.29, 0.717) is 6.04 Å². The van der Waals surface area contributed by atoms with Gasteiger partial charge in [0.05, 0.1) is 0 Å². The zero-order valence-electron chi connectivity index (χ0n) is 9.92. The summed E-state index contributed by atoms with van der Waals surface area (Å²) in [4.78, 5) is 0. The largest absolute Gasteiger partial charge is 0.362 e. The highest BCUT2D eigenvalue weighted by Crippen LogP contribution is 2.18. The second kappa shape index (κ2) is 5.45. The summed E-state index contributed by atoms with van der Waals surface area (Å²) in [5.74, 6) is -0.176. The fourth-order valence-electron chi connectivity index (χ4n) is 1.71. The summed E-state index contributed by atoms with van der Waals surface area (Å²) in [6, 6.07) is 5.49. The van der Waals surface area contributed by atoms with Crippen molar-refractivity contribution in [3.8, 4) is 0 Å². The van der Waals surface area contributed by atoms with Gasteiger partial charge in [0.2, 0.25) is 0 Å². The van der Waals surface area contributed by atoms with E-state index >= 15 is 0 Å². The Morgan fingerprint density at radius 2 is 2.24 bits per heavy atom. The van der Waals surface area contributed by atoms with Gasteiger partial charge in [-0.05, 0) is 61.7 Å². The lowest BCUT2D eigenvalue weighted by Gasteiger charge is -2.10. The Bertz CT molecular complexity index is 416. The molecular formula is C13H17FN2S. The summed E-state index contributed by atoms with van der Waals surface area (Å²) in [6.45, 7) is 2.71. The molecule has 1 aliphatic rings. The van der Waals surface area contributed by atoms with Crippen LogP contribution in [0.2, 0.25) is 0 Å². The molecule has 0 radical (unpaired) electrons. The maximum atomic E-state index is 12.9. The van der Waals surface area contributed by atoms with Crippen molar-refractivity contribution in [1.29, 1.82) is 0 Å². The van der Waals surface area contributed by atoms with Crippen LogP contribution in [-0.2, 0) is 6.42 Å². The van der Waals surface area contributed by atoms with Gasteiger partial charge in [0.15, 0.2) is 5.11 Å². The summed E-state index contributed by atoms with van der Waals surface area (Å²) in [5, 5.41) is 7.12. The fraction of sp³-hybridized carbons (Fsp3) is 0.462. The predicted molar refractivity (Wildman–Crippen MR) is 71.6 cm³/mol. The molecule has 1 aromatic carbocycles. The van der Waals surface area contributed by atoms with Crippen LogP contribution in [0.4, 0.5) is 4.39 Å². The first-order valence-electron chi connectivity index (χ1n) is 5.94. The maximum absolute atomic E-state index is 12.9. The number of nitrogens with one attached hydrogen (secondary N) is 2. The number of aryl methyl sites for hydroxylation is 1. The Balaban J connectivity index is 1.75. The molecule has 0 aromatic heterocycles. The molecular weight excluding hydrogens is 235 g/mol. The highest BCUT2D eigenvalue weighted by Gasteiger charge is 2.21. The van der Waals surface area contributed by atoms with Gasteiger partial charge in [-0.25, -0.2) is 4.39 Å². The third-order valence-corrected chi connectivity index (χ3v) is 3.16. The number of halogens is 1. The van der Waals surface area contributed by atoms with Crippen molar-refractivity contribution < 1.29 is 4.39 Å². The molecule has 0 heterocycles. The summed E-state index contributed by atoms with van der Waals surface area (Å²) in [6.07, 6.45) is 3.30. The number of rotatable bonds is 4. The van der Waals surface area contributed by atoms with Crippen molar-refractivity contribution in [2.45, 2.75) is 32.2 Å². The Hall–Kier alpha value is -1.16. The SMILES string of the molecule is Cc1cc(F)ccc1CCNC(=S)NC1CC1. The van der Waals surface area contributed by atoms with E-state index in [-0.39, 0.29) is 5.82 Å². The molecule has 0 aliphatic heterocycles. The molecule has 1 saturated carbocycles. The van der Waals surface area contributed by atoms with Gasteiger partial charge >= 0.3 is 0 Å². The van der Waals surface area contributed by atoms with Gasteiger partial charge in [0, 0.05) is 12.6 Å². The monoisotopic (exact) mass is 252 g/mol. The van der Waals surface area contributed by atoms with E-state index in [0.717, 1.165) is 29.2 Å². The third-order valence-electron chi connectivity index (χ3n) is 2.90. The lowest BCUT2D eigenvalue weighted by Crippen LogP contribution is -2.37. The molecule has 1 aliphatic carbocycles. The minimum Gasteiger partial charge on any atom is -0.362 e. The molecule has 17 heavy (non-hydrogen) atoms. The standard InChI is InChI=1S/C13H17FN2S/c1-9-8-11(14)3-2-10(9)6-7-15-13(17)16-12-4-5-12/h2-3,8,12H,4-7H2,1H3,(H2,15,16,17). The number of thiocarbonyl (C=S) groups is 1. The van der Waals surface area contributed by atoms with Crippen molar-refractivity contribution in [3.05, 3.63) is 35.1 Å². The lowest BCUT2D eigenvalue weighted by atomic mass is 10.1. The minimum absolute atomic E-state index is 0.176. The van der Waals surface area contributed by atoms with Crippen molar-refractivity contribution in [3.63, 3.8) is 0 Å². The first kappa shape index (κ1) is 12.3. The molecule has 0 spiro atoms. The van der Waals surface area contributed by atoms with Crippen LogP contribution in [0.25, 0.3) is 0 Å². The molecule has 0 saturated heterocycles. The second-order valence-corrected chi connectivity index (χ2v) is 4.90. The Morgan fingerprint density at radius 3 is 2.88 bits per heavy atom. The van der Waals surface area contributed by atoms with Gasteiger partial charge in [0.25, 0.3) is 0 Å². The first-order chi connectivity index (χ1) is 8.15. The van der Waals surface area contributed by atoms with Crippen LogP contribution in [-0.4, -0.2) is 17.7 Å². The molecule has 1 fully saturated rings. The number of hydrogen-bond donors (Lipinski definition) is 2. The van der Waals surface area contributed by atoms with Gasteiger partial charge in [-0.2, -0.15) is 0 Å². The van der Waals surface area contributed by atoms with Crippen LogP contribution in [0, 0.1) is 12.7 Å². The van der Waals surface area contributed by atoms with Crippen LogP contribution in [0.5, 0.6) is 0 Å². The fourth-order valence-corrected chi connectivity index (χ4v) is 1.98. The smallest absolute Gasteiger partial charge is 0.166 e. The maximum Gasteiger partial charge on any atom is 0.166 e. The van der Waals surface area contributed by atoms with Crippen LogP contribution in [0.15, 0.2) is 18.2 Å². The minimum atomic E-state index is -0.176. The summed E-state index contributed by atoms with van der Waals surface area (Å²) in [7, 11) is 0. The Morgan fingerprint density at radius 1 is 1.47 bits per heavy atom. The number of hydrogen-bond acceptors (Lipinski definition) is 1. The second-order valence-electron chi connectivity index (χ2n) is 4.50. The average molecular weight is 252 g/mol. The molecule has 92 valence electrons. The van der Waals surface area contributed by atoms with E-state index in [4.69, 9.17) is 12.2 Å². The van der Waals surface area contributed by atoms with E-state index < -0.39 is 0 Å². The average Bonchev–Trinajstić information content (AvgIpc) is 3.05. The summed E-state index contributed by atoms with van der Waals surface area (Å²) < 4.78 is 12.9. The Kier molecular flexibility index (Phi) is 3.94. The van der Waals surface area contributed by atoms with Crippen molar-refractivity contribution in [2.75, 3.05) is 6.54 Å². The Labute approximate surface area is 107 Å². The van der Waals surface area contributed by atoms with E-state index in [2.05, 4.69) is 10.6 Å². The van der Waals surface area contributed by atoms with Gasteiger partial charge < -0.3 is 10.6 Å². The molecule has 0 bridgehead atoms. The summed E-state index contributed by atoms with van der Waals surface area (Å²) >= 11 is 5.16. The molecule has 2 rings (SSSR count). The molecule has 0 atom stereocenters. The van der Waals surface area contributed by atoms with Crippen molar-refractivity contribution in [1.82, 2.24) is 10.6 Å².